The van der Waals surface area contributed by atoms with Crippen molar-refractivity contribution in [2.24, 2.45) is 0 Å². The van der Waals surface area contributed by atoms with E-state index in [0.29, 0.717) is 5.92 Å². The zero-order chi connectivity index (χ0) is 19.5. The fourth-order valence-electron chi connectivity index (χ4n) is 4.58. The minimum Gasteiger partial charge on any atom is -0.252 e. The van der Waals surface area contributed by atoms with Crippen LogP contribution in [0.1, 0.15) is 35.6 Å². The van der Waals surface area contributed by atoms with Gasteiger partial charge in [-0.1, -0.05) is 91.0 Å². The van der Waals surface area contributed by atoms with E-state index in [1.165, 1.54) is 46.4 Å². The van der Waals surface area contributed by atoms with Gasteiger partial charge >= 0.3 is 0 Å². The van der Waals surface area contributed by atoms with Crippen molar-refractivity contribution in [2.45, 2.75) is 31.6 Å². The van der Waals surface area contributed by atoms with Gasteiger partial charge in [-0.2, -0.15) is 0 Å². The Morgan fingerprint density at radius 3 is 2.03 bits per heavy atom. The van der Waals surface area contributed by atoms with E-state index in [9.17, 15) is 0 Å². The van der Waals surface area contributed by atoms with Crippen molar-refractivity contribution in [2.75, 3.05) is 0 Å². The predicted octanol–water partition coefficient (Wildman–Crippen LogP) is 7.08. The molecule has 0 amide bonds. The Kier molecular flexibility index (Phi) is 4.96. The van der Waals surface area contributed by atoms with E-state index >= 15 is 0 Å². The molecule has 3 aromatic carbocycles. The van der Waals surface area contributed by atoms with Gasteiger partial charge in [0.25, 0.3) is 0 Å². The molecule has 4 aromatic rings. The second-order valence-electron chi connectivity index (χ2n) is 7.93. The van der Waals surface area contributed by atoms with Crippen LogP contribution in [0.5, 0.6) is 0 Å². The van der Waals surface area contributed by atoms with E-state index in [0.717, 1.165) is 18.5 Å². The van der Waals surface area contributed by atoms with Crippen molar-refractivity contribution in [1.82, 2.24) is 4.98 Å². The molecule has 0 spiro atoms. The van der Waals surface area contributed by atoms with E-state index in [1.54, 1.807) is 0 Å². The monoisotopic (exact) mass is 375 g/mol. The second-order valence-corrected chi connectivity index (χ2v) is 7.93. The normalized spacial score (nSPS) is 15.7. The summed E-state index contributed by atoms with van der Waals surface area (Å²) in [5.74, 6) is 0.479. The van der Waals surface area contributed by atoms with Crippen LogP contribution in [-0.2, 0) is 12.8 Å². The van der Waals surface area contributed by atoms with E-state index in [-0.39, 0.29) is 0 Å². The van der Waals surface area contributed by atoms with Crippen LogP contribution >= 0.6 is 0 Å². The number of benzene rings is 3. The average Bonchev–Trinajstić information content (AvgIpc) is 2.80. The number of rotatable bonds is 4. The Labute approximate surface area is 173 Å². The lowest BCUT2D eigenvalue weighted by Crippen LogP contribution is -2.16. The van der Waals surface area contributed by atoms with Crippen LogP contribution in [0, 0.1) is 0 Å². The molecule has 1 aliphatic rings. The largest absolute Gasteiger partial charge is 0.252 e. The molecular weight excluding hydrogens is 350 g/mol. The highest BCUT2D eigenvalue weighted by Gasteiger charge is 2.26. The van der Waals surface area contributed by atoms with Crippen LogP contribution in [0.2, 0.25) is 0 Å². The van der Waals surface area contributed by atoms with E-state index < -0.39 is 0 Å². The van der Waals surface area contributed by atoms with E-state index in [1.807, 2.05) is 0 Å². The van der Waals surface area contributed by atoms with Gasteiger partial charge in [0.15, 0.2) is 0 Å². The van der Waals surface area contributed by atoms with Gasteiger partial charge < -0.3 is 0 Å². The van der Waals surface area contributed by atoms with Gasteiger partial charge in [0.2, 0.25) is 0 Å². The average molecular weight is 376 g/mol. The topological polar surface area (TPSA) is 12.9 Å². The summed E-state index contributed by atoms with van der Waals surface area (Å²) in [6.45, 7) is 0. The Morgan fingerprint density at radius 2 is 1.34 bits per heavy atom. The first-order valence-corrected chi connectivity index (χ1v) is 10.6. The lowest BCUT2D eigenvalue weighted by molar-refractivity contribution is 0.536. The number of aromatic nitrogens is 1. The maximum absolute atomic E-state index is 5.25. The van der Waals surface area contributed by atoms with Gasteiger partial charge in [-0.15, -0.1) is 0 Å². The molecule has 1 atom stereocenters. The van der Waals surface area contributed by atoms with E-state index in [2.05, 4.69) is 97.1 Å². The molecule has 0 saturated heterocycles. The number of hydrogen-bond donors (Lipinski definition) is 0. The highest BCUT2D eigenvalue weighted by Crippen LogP contribution is 2.40. The zero-order valence-corrected chi connectivity index (χ0v) is 16.6. The lowest BCUT2D eigenvalue weighted by Gasteiger charge is -2.28. The molecule has 29 heavy (non-hydrogen) atoms. The Morgan fingerprint density at radius 1 is 0.724 bits per heavy atom. The third-order valence-electron chi connectivity index (χ3n) is 6.00. The third kappa shape index (κ3) is 3.73. The smallest absolute Gasteiger partial charge is 0.0711 e. The molecule has 1 heteroatoms. The van der Waals surface area contributed by atoms with E-state index in [4.69, 9.17) is 4.98 Å². The number of fused-ring (bicyclic) bond motifs is 1. The summed E-state index contributed by atoms with van der Waals surface area (Å²) in [6.07, 6.45) is 4.62. The fraction of sp³-hybridized carbons (Fsp3) is 0.179. The molecule has 0 bridgehead atoms. The van der Waals surface area contributed by atoms with Crippen LogP contribution < -0.4 is 0 Å². The molecule has 0 radical (unpaired) electrons. The maximum atomic E-state index is 5.25. The third-order valence-corrected chi connectivity index (χ3v) is 6.00. The molecule has 0 fully saturated rings. The Bertz CT molecular complexity index is 1090. The van der Waals surface area contributed by atoms with Gasteiger partial charge in [-0.3, -0.25) is 4.98 Å². The number of nitrogens with zero attached hydrogens (tertiary/aromatic N) is 1. The van der Waals surface area contributed by atoms with Crippen molar-refractivity contribution in [3.05, 3.63) is 114 Å². The summed E-state index contributed by atoms with van der Waals surface area (Å²) in [5.41, 5.74) is 9.08. The first kappa shape index (κ1) is 17.9. The van der Waals surface area contributed by atoms with Crippen molar-refractivity contribution in [3.8, 4) is 22.4 Å². The Hall–Kier alpha value is -3.19. The van der Waals surface area contributed by atoms with Gasteiger partial charge in [0, 0.05) is 17.2 Å². The number of pyridine rings is 1. The van der Waals surface area contributed by atoms with Crippen molar-refractivity contribution < 1.29 is 0 Å². The lowest BCUT2D eigenvalue weighted by atomic mass is 9.79. The second kappa shape index (κ2) is 8.05. The predicted molar refractivity (Wildman–Crippen MR) is 121 cm³/mol. The minimum atomic E-state index is 0.479. The first-order chi connectivity index (χ1) is 14.4. The molecule has 5 rings (SSSR count). The molecule has 1 aromatic heterocycles. The van der Waals surface area contributed by atoms with Gasteiger partial charge in [-0.25, -0.2) is 0 Å². The fourth-order valence-corrected chi connectivity index (χ4v) is 4.58. The zero-order valence-electron chi connectivity index (χ0n) is 16.6. The summed E-state index contributed by atoms with van der Waals surface area (Å²) >= 11 is 0. The van der Waals surface area contributed by atoms with Crippen LogP contribution in [-0.4, -0.2) is 4.98 Å². The standard InChI is InChI=1S/C28H25N/c1-4-11-21(12-5-1)19-24-17-10-18-25-26(22-13-6-2-7-14-22)20-27(29-28(24)25)23-15-8-3-9-16-23/h1-9,11-16,20,24H,10,17-19H2. The molecule has 0 N–H and O–H groups in total. The molecule has 1 aliphatic carbocycles. The molecule has 142 valence electrons. The quantitative estimate of drug-likeness (QED) is 0.371. The van der Waals surface area contributed by atoms with Crippen molar-refractivity contribution in [1.29, 1.82) is 0 Å². The molecule has 0 saturated carbocycles. The summed E-state index contributed by atoms with van der Waals surface area (Å²) in [4.78, 5) is 5.25. The molecule has 0 aliphatic heterocycles. The molecule has 1 unspecified atom stereocenters. The van der Waals surface area contributed by atoms with Crippen LogP contribution in [0.3, 0.4) is 0 Å². The van der Waals surface area contributed by atoms with Crippen LogP contribution in [0.25, 0.3) is 22.4 Å². The van der Waals surface area contributed by atoms with Gasteiger partial charge in [0.1, 0.15) is 0 Å². The Balaban J connectivity index is 1.66. The molecule has 1 nitrogen and oxygen atoms in total. The highest BCUT2D eigenvalue weighted by molar-refractivity contribution is 5.74. The maximum Gasteiger partial charge on any atom is 0.0711 e. The van der Waals surface area contributed by atoms with Gasteiger partial charge in [-0.05, 0) is 54.0 Å². The summed E-state index contributed by atoms with van der Waals surface area (Å²) in [7, 11) is 0. The summed E-state index contributed by atoms with van der Waals surface area (Å²) in [6, 6.07) is 34.6. The highest BCUT2D eigenvalue weighted by atomic mass is 14.7. The SMILES string of the molecule is c1ccc(CC2CCCc3c(-c4ccccc4)cc(-c4ccccc4)nc32)cc1. The van der Waals surface area contributed by atoms with Crippen LogP contribution in [0.15, 0.2) is 97.1 Å². The molecule has 1 heterocycles. The number of hydrogen-bond acceptors (Lipinski definition) is 1. The van der Waals surface area contributed by atoms with Crippen molar-refractivity contribution in [3.63, 3.8) is 0 Å². The summed E-state index contributed by atoms with van der Waals surface area (Å²) < 4.78 is 0. The summed E-state index contributed by atoms with van der Waals surface area (Å²) in [5, 5.41) is 0. The molecular formula is C28H25N. The van der Waals surface area contributed by atoms with Crippen LogP contribution in [0.4, 0.5) is 0 Å². The minimum absolute atomic E-state index is 0.479. The first-order valence-electron chi connectivity index (χ1n) is 10.6. The van der Waals surface area contributed by atoms with Gasteiger partial charge in [0.05, 0.1) is 5.69 Å². The van der Waals surface area contributed by atoms with Crippen molar-refractivity contribution >= 4 is 0 Å².